The SMILES string of the molecule is CCN(CC1CCN(C(=O)C2CCCN2)C1)CC(F)(F)F. The topological polar surface area (TPSA) is 35.6 Å². The van der Waals surface area contributed by atoms with Crippen molar-refractivity contribution >= 4 is 5.91 Å². The van der Waals surface area contributed by atoms with E-state index in [-0.39, 0.29) is 17.9 Å². The van der Waals surface area contributed by atoms with Crippen LogP contribution in [0.1, 0.15) is 26.2 Å². The molecule has 0 aromatic rings. The Morgan fingerprint density at radius 1 is 1.38 bits per heavy atom. The first-order valence-corrected chi connectivity index (χ1v) is 7.70. The van der Waals surface area contributed by atoms with E-state index in [9.17, 15) is 18.0 Å². The molecule has 2 fully saturated rings. The largest absolute Gasteiger partial charge is 0.401 e. The number of amides is 1. The fourth-order valence-electron chi connectivity index (χ4n) is 3.22. The van der Waals surface area contributed by atoms with E-state index in [0.29, 0.717) is 26.2 Å². The summed E-state index contributed by atoms with van der Waals surface area (Å²) in [6.07, 6.45) is -1.47. The van der Waals surface area contributed by atoms with Crippen molar-refractivity contribution in [1.82, 2.24) is 15.1 Å². The van der Waals surface area contributed by atoms with E-state index < -0.39 is 12.7 Å². The number of halogens is 3. The molecule has 0 radical (unpaired) electrons. The van der Waals surface area contributed by atoms with Crippen LogP contribution in [-0.2, 0) is 4.79 Å². The maximum atomic E-state index is 12.5. The van der Waals surface area contributed by atoms with Crippen LogP contribution >= 0.6 is 0 Å². The van der Waals surface area contributed by atoms with Crippen LogP contribution in [0.5, 0.6) is 0 Å². The number of carbonyl (C=O) groups is 1. The number of carbonyl (C=O) groups excluding carboxylic acids is 1. The van der Waals surface area contributed by atoms with Crippen LogP contribution in [0.25, 0.3) is 0 Å². The van der Waals surface area contributed by atoms with Crippen molar-refractivity contribution in [2.24, 2.45) is 5.92 Å². The van der Waals surface area contributed by atoms with Crippen LogP contribution < -0.4 is 5.32 Å². The lowest BCUT2D eigenvalue weighted by Crippen LogP contribution is -2.43. The molecule has 4 nitrogen and oxygen atoms in total. The first kappa shape index (κ1) is 16.5. The van der Waals surface area contributed by atoms with E-state index >= 15 is 0 Å². The minimum atomic E-state index is -4.15. The van der Waals surface area contributed by atoms with Crippen molar-refractivity contribution in [2.45, 2.75) is 38.4 Å². The minimum absolute atomic E-state index is 0.0822. The molecular formula is C14H24F3N3O. The summed E-state index contributed by atoms with van der Waals surface area (Å²) in [5.74, 6) is 0.270. The number of alkyl halides is 3. The van der Waals surface area contributed by atoms with Crippen molar-refractivity contribution in [3.63, 3.8) is 0 Å². The molecule has 0 aromatic heterocycles. The highest BCUT2D eigenvalue weighted by Crippen LogP contribution is 2.22. The fraction of sp³-hybridized carbons (Fsp3) is 0.929. The van der Waals surface area contributed by atoms with E-state index in [4.69, 9.17) is 0 Å². The zero-order chi connectivity index (χ0) is 15.5. The molecule has 2 aliphatic rings. The van der Waals surface area contributed by atoms with Crippen LogP contribution in [0.4, 0.5) is 13.2 Å². The van der Waals surface area contributed by atoms with E-state index in [1.54, 1.807) is 6.92 Å². The molecule has 0 aliphatic carbocycles. The Balaban J connectivity index is 1.80. The van der Waals surface area contributed by atoms with Gasteiger partial charge in [-0.1, -0.05) is 6.92 Å². The lowest BCUT2D eigenvalue weighted by atomic mass is 10.1. The van der Waals surface area contributed by atoms with Gasteiger partial charge in [-0.05, 0) is 38.3 Å². The molecule has 7 heteroatoms. The van der Waals surface area contributed by atoms with Gasteiger partial charge in [-0.15, -0.1) is 0 Å². The van der Waals surface area contributed by atoms with Crippen LogP contribution in [0.15, 0.2) is 0 Å². The number of hydrogen-bond acceptors (Lipinski definition) is 3. The summed E-state index contributed by atoms with van der Waals surface area (Å²) in [6.45, 7) is 3.82. The molecule has 2 saturated heterocycles. The van der Waals surface area contributed by atoms with Crippen molar-refractivity contribution in [1.29, 1.82) is 0 Å². The van der Waals surface area contributed by atoms with Gasteiger partial charge < -0.3 is 10.2 Å². The van der Waals surface area contributed by atoms with Crippen molar-refractivity contribution in [2.75, 3.05) is 39.3 Å². The number of nitrogens with zero attached hydrogens (tertiary/aromatic N) is 2. The second kappa shape index (κ2) is 6.96. The third-order valence-corrected chi connectivity index (χ3v) is 4.32. The zero-order valence-electron chi connectivity index (χ0n) is 12.5. The predicted molar refractivity (Wildman–Crippen MR) is 73.9 cm³/mol. The Hall–Kier alpha value is -0.820. The summed E-state index contributed by atoms with van der Waals surface area (Å²) < 4.78 is 37.4. The van der Waals surface area contributed by atoms with Gasteiger partial charge in [0.05, 0.1) is 12.6 Å². The van der Waals surface area contributed by atoms with Crippen molar-refractivity contribution in [3.05, 3.63) is 0 Å². The molecule has 2 aliphatic heterocycles. The lowest BCUT2D eigenvalue weighted by molar-refractivity contribution is -0.146. The van der Waals surface area contributed by atoms with Gasteiger partial charge in [0.2, 0.25) is 5.91 Å². The van der Waals surface area contributed by atoms with Gasteiger partial charge in [0.15, 0.2) is 0 Å². The molecule has 1 N–H and O–H groups in total. The molecule has 2 atom stereocenters. The number of nitrogens with one attached hydrogen (secondary N) is 1. The van der Waals surface area contributed by atoms with Gasteiger partial charge in [-0.25, -0.2) is 0 Å². The Labute approximate surface area is 123 Å². The van der Waals surface area contributed by atoms with Gasteiger partial charge in [-0.2, -0.15) is 13.2 Å². The second-order valence-corrected chi connectivity index (χ2v) is 6.03. The molecule has 0 saturated carbocycles. The molecule has 0 bridgehead atoms. The Kier molecular flexibility index (Phi) is 5.48. The van der Waals surface area contributed by atoms with Gasteiger partial charge in [0, 0.05) is 19.6 Å². The number of likely N-dealkylation sites (tertiary alicyclic amines) is 1. The normalized spacial score (nSPS) is 26.8. The third kappa shape index (κ3) is 4.85. The van der Waals surface area contributed by atoms with Crippen LogP contribution in [0.3, 0.4) is 0 Å². The zero-order valence-corrected chi connectivity index (χ0v) is 12.5. The van der Waals surface area contributed by atoms with E-state index in [2.05, 4.69) is 5.32 Å². The van der Waals surface area contributed by atoms with Gasteiger partial charge in [-0.3, -0.25) is 9.69 Å². The lowest BCUT2D eigenvalue weighted by Gasteiger charge is -2.25. The molecule has 1 amide bonds. The van der Waals surface area contributed by atoms with Crippen molar-refractivity contribution in [3.8, 4) is 0 Å². The highest BCUT2D eigenvalue weighted by atomic mass is 19.4. The van der Waals surface area contributed by atoms with Crippen LogP contribution in [0.2, 0.25) is 0 Å². The van der Waals surface area contributed by atoms with E-state index in [1.165, 1.54) is 4.90 Å². The molecular weight excluding hydrogens is 283 g/mol. The number of rotatable bonds is 5. The van der Waals surface area contributed by atoms with Crippen LogP contribution in [0, 0.1) is 5.92 Å². The molecule has 2 unspecified atom stereocenters. The molecule has 122 valence electrons. The predicted octanol–water partition coefficient (Wildman–Crippen LogP) is 1.47. The highest BCUT2D eigenvalue weighted by molar-refractivity contribution is 5.82. The fourth-order valence-corrected chi connectivity index (χ4v) is 3.22. The highest BCUT2D eigenvalue weighted by Gasteiger charge is 2.35. The first-order chi connectivity index (χ1) is 9.89. The average Bonchev–Trinajstić information content (AvgIpc) is 3.06. The second-order valence-electron chi connectivity index (χ2n) is 6.03. The summed E-state index contributed by atoms with van der Waals surface area (Å²) in [5.41, 5.74) is 0. The molecule has 2 rings (SSSR count). The Bertz CT molecular complexity index is 356. The van der Waals surface area contributed by atoms with Gasteiger partial charge in [0.25, 0.3) is 0 Å². The molecule has 0 spiro atoms. The molecule has 2 heterocycles. The summed E-state index contributed by atoms with van der Waals surface area (Å²) in [5, 5.41) is 3.18. The first-order valence-electron chi connectivity index (χ1n) is 7.70. The molecule has 0 aromatic carbocycles. The van der Waals surface area contributed by atoms with Gasteiger partial charge in [0.1, 0.15) is 0 Å². The van der Waals surface area contributed by atoms with E-state index in [1.807, 2.05) is 4.90 Å². The molecule has 21 heavy (non-hydrogen) atoms. The Morgan fingerprint density at radius 2 is 2.14 bits per heavy atom. The summed E-state index contributed by atoms with van der Waals surface area (Å²) in [7, 11) is 0. The smallest absolute Gasteiger partial charge is 0.341 e. The number of hydrogen-bond donors (Lipinski definition) is 1. The maximum Gasteiger partial charge on any atom is 0.401 e. The summed E-state index contributed by atoms with van der Waals surface area (Å²) in [6, 6.07) is -0.0822. The summed E-state index contributed by atoms with van der Waals surface area (Å²) in [4.78, 5) is 15.5. The quantitative estimate of drug-likeness (QED) is 0.835. The average molecular weight is 307 g/mol. The maximum absolute atomic E-state index is 12.5. The van der Waals surface area contributed by atoms with E-state index in [0.717, 1.165) is 25.8 Å². The standard InChI is InChI=1S/C14H24F3N3O/c1-2-19(10-14(15,16)17)8-11-5-7-20(9-11)13(21)12-4-3-6-18-12/h11-12,18H,2-10H2,1H3. The van der Waals surface area contributed by atoms with Crippen LogP contribution in [-0.4, -0.2) is 67.2 Å². The minimum Gasteiger partial charge on any atom is -0.341 e. The Morgan fingerprint density at radius 3 is 2.71 bits per heavy atom. The van der Waals surface area contributed by atoms with Gasteiger partial charge >= 0.3 is 6.18 Å². The third-order valence-electron chi connectivity index (χ3n) is 4.32. The summed E-state index contributed by atoms with van der Waals surface area (Å²) >= 11 is 0. The van der Waals surface area contributed by atoms with Crippen molar-refractivity contribution < 1.29 is 18.0 Å². The monoisotopic (exact) mass is 307 g/mol.